The third-order valence-electron chi connectivity index (χ3n) is 8.30. The molecular weight excluding hydrogens is 621 g/mol. The Hall–Kier alpha value is -3.00. The Bertz CT molecular complexity index is 1630. The van der Waals surface area contributed by atoms with Crippen LogP contribution in [0.2, 0.25) is 0 Å². The van der Waals surface area contributed by atoms with E-state index in [1.54, 1.807) is 12.1 Å². The lowest BCUT2D eigenvalue weighted by Gasteiger charge is -2.55. The molecule has 13 heteroatoms. The van der Waals surface area contributed by atoms with Crippen LogP contribution in [-0.2, 0) is 40.8 Å². The van der Waals surface area contributed by atoms with Crippen LogP contribution in [0.25, 0.3) is 0 Å². The molecule has 4 aliphatic rings. The summed E-state index contributed by atoms with van der Waals surface area (Å²) in [4.78, 5) is 15.4. The summed E-state index contributed by atoms with van der Waals surface area (Å²) in [7, 11) is -12.0. The summed E-state index contributed by atoms with van der Waals surface area (Å²) in [6, 6.07) is 25.1. The Kier molecular flexibility index (Phi) is 7.81. The first-order valence-electron chi connectivity index (χ1n) is 13.9. The van der Waals surface area contributed by atoms with Gasteiger partial charge in [0.2, 0.25) is 0 Å². The predicted molar refractivity (Wildman–Crippen MR) is 155 cm³/mol. The fourth-order valence-corrected chi connectivity index (χ4v) is 11.3. The molecule has 0 radical (unpaired) electrons. The van der Waals surface area contributed by atoms with Gasteiger partial charge in [-0.1, -0.05) is 40.5 Å². The molecule has 0 saturated heterocycles. The highest BCUT2D eigenvalue weighted by Gasteiger charge is 2.61. The Morgan fingerprint density at radius 2 is 1.19 bits per heavy atom. The molecule has 4 bridgehead atoms. The second kappa shape index (κ2) is 11.2. The molecule has 43 heavy (non-hydrogen) atoms. The van der Waals surface area contributed by atoms with Crippen molar-refractivity contribution < 1.29 is 39.3 Å². The molecule has 7 rings (SSSR count). The zero-order valence-electron chi connectivity index (χ0n) is 22.9. The molecule has 4 saturated carbocycles. The van der Waals surface area contributed by atoms with Gasteiger partial charge in [-0.25, -0.2) is 13.2 Å². The molecule has 3 aromatic carbocycles. The van der Waals surface area contributed by atoms with Crippen LogP contribution >= 0.6 is 0 Å². The van der Waals surface area contributed by atoms with Crippen LogP contribution in [0.4, 0.5) is 8.78 Å². The summed E-state index contributed by atoms with van der Waals surface area (Å²) < 4.78 is 91.0. The Morgan fingerprint density at radius 1 is 0.744 bits per heavy atom. The van der Waals surface area contributed by atoms with Crippen LogP contribution in [0.5, 0.6) is 5.75 Å². The summed E-state index contributed by atoms with van der Waals surface area (Å²) in [6.45, 7) is 0. The highest BCUT2D eigenvalue weighted by molar-refractivity contribution is 8.03. The first-order valence-corrected chi connectivity index (χ1v) is 18.0. The quantitative estimate of drug-likeness (QED) is 0.230. The number of carbonyl (C=O) groups is 1. The average molecular weight is 651 g/mol. The number of esters is 1. The van der Waals surface area contributed by atoms with Gasteiger partial charge in [-0.2, -0.15) is 17.2 Å². The van der Waals surface area contributed by atoms with E-state index in [0.717, 1.165) is 38.1 Å². The van der Waals surface area contributed by atoms with Crippen molar-refractivity contribution in [3.05, 3.63) is 84.9 Å². The average Bonchev–Trinajstić information content (AvgIpc) is 2.93. The van der Waals surface area contributed by atoms with E-state index in [2.05, 4.69) is 0 Å². The van der Waals surface area contributed by atoms with E-state index in [0.29, 0.717) is 19.3 Å². The zero-order chi connectivity index (χ0) is 30.5. The Balaban J connectivity index is 1.15. The number of sulfonamides is 1. The van der Waals surface area contributed by atoms with Crippen LogP contribution in [0, 0.1) is 17.8 Å². The monoisotopic (exact) mass is 650 g/mol. The molecule has 228 valence electrons. The summed E-state index contributed by atoms with van der Waals surface area (Å²) in [5.41, 5.74) is -1.14. The third-order valence-corrected chi connectivity index (χ3v) is 13.5. The van der Waals surface area contributed by atoms with Crippen molar-refractivity contribution in [2.45, 2.75) is 64.1 Å². The highest BCUT2D eigenvalue weighted by Crippen LogP contribution is 2.57. The topological polar surface area (TPSA) is 116 Å². The maximum Gasteiger partial charge on any atom is 0.455 e. The highest BCUT2D eigenvalue weighted by atomic mass is 32.3. The van der Waals surface area contributed by atoms with Crippen molar-refractivity contribution in [2.24, 2.45) is 17.8 Å². The van der Waals surface area contributed by atoms with Gasteiger partial charge in [-0.05, 0) is 105 Å². The number of alkyl halides is 2. The van der Waals surface area contributed by atoms with Crippen molar-refractivity contribution in [3.63, 3.8) is 0 Å². The number of hydrogen-bond acceptors (Lipinski definition) is 7. The van der Waals surface area contributed by atoms with E-state index in [1.807, 2.05) is 60.7 Å². The number of hydrogen-bond donors (Lipinski definition) is 1. The summed E-state index contributed by atoms with van der Waals surface area (Å²) in [6.07, 6.45) is 4.06. The normalized spacial score (nSPS) is 25.0. The summed E-state index contributed by atoms with van der Waals surface area (Å²) in [5.74, 6) is -1.85. The number of nitrogens with one attached hydrogen (secondary N) is 1. The lowest BCUT2D eigenvalue weighted by Crippen LogP contribution is -2.56. The van der Waals surface area contributed by atoms with E-state index in [-0.39, 0.29) is 23.5 Å². The van der Waals surface area contributed by atoms with Crippen LogP contribution in [0.15, 0.2) is 99.6 Å². The smallest absolute Gasteiger partial charge is 0.454 e. The summed E-state index contributed by atoms with van der Waals surface area (Å²) >= 11 is 0. The maximum absolute atomic E-state index is 15.0. The molecule has 0 heterocycles. The predicted octanol–water partition coefficient (Wildman–Crippen LogP) is 5.43. The van der Waals surface area contributed by atoms with Gasteiger partial charge in [0.1, 0.15) is 11.4 Å². The summed E-state index contributed by atoms with van der Waals surface area (Å²) in [5, 5.41) is -5.16. The molecule has 4 fully saturated rings. The van der Waals surface area contributed by atoms with Gasteiger partial charge in [0, 0.05) is 0 Å². The van der Waals surface area contributed by atoms with Gasteiger partial charge in [-0.3, -0.25) is 0 Å². The van der Waals surface area contributed by atoms with E-state index in [9.17, 15) is 30.4 Å². The number of ether oxygens (including phenoxy) is 1. The van der Waals surface area contributed by atoms with Crippen molar-refractivity contribution in [3.8, 4) is 5.75 Å². The SMILES string of the molecule is O=C(OC12CC3CC(CC(C3)C1)C2)C(F)(F)S(=O)(=O)NS(=O)(=O)Oc1ccc([S+](c2ccccc2)c2ccccc2)cc1. The largest absolute Gasteiger partial charge is 0.455 e. The van der Waals surface area contributed by atoms with Gasteiger partial charge < -0.3 is 8.92 Å². The second-order valence-corrected chi connectivity index (χ2v) is 16.8. The molecule has 8 nitrogen and oxygen atoms in total. The van der Waals surface area contributed by atoms with Crippen molar-refractivity contribution in [2.75, 3.05) is 0 Å². The first-order chi connectivity index (χ1) is 20.3. The molecule has 0 aliphatic heterocycles. The minimum Gasteiger partial charge on any atom is -0.454 e. The van der Waals surface area contributed by atoms with Crippen LogP contribution < -0.4 is 8.31 Å². The van der Waals surface area contributed by atoms with Gasteiger partial charge >= 0.3 is 31.6 Å². The van der Waals surface area contributed by atoms with Crippen LogP contribution in [0.1, 0.15) is 38.5 Å². The first kappa shape index (κ1) is 30.0. The van der Waals surface area contributed by atoms with Crippen molar-refractivity contribution >= 4 is 37.2 Å². The fourth-order valence-electron chi connectivity index (χ4n) is 7.01. The van der Waals surface area contributed by atoms with Crippen molar-refractivity contribution in [1.82, 2.24) is 4.13 Å². The molecule has 0 spiro atoms. The molecule has 4 aliphatic carbocycles. The van der Waals surface area contributed by atoms with Gasteiger partial charge in [0.25, 0.3) is 0 Å². The third kappa shape index (κ3) is 6.17. The Labute approximate surface area is 252 Å². The number of carbonyl (C=O) groups excluding carboxylic acids is 1. The van der Waals surface area contributed by atoms with Gasteiger partial charge in [-0.15, -0.1) is 0 Å². The number of rotatable bonds is 10. The molecule has 0 unspecified atom stereocenters. The fraction of sp³-hybridized carbons (Fsp3) is 0.367. The van der Waals surface area contributed by atoms with Gasteiger partial charge in [0.05, 0.1) is 10.9 Å². The van der Waals surface area contributed by atoms with Crippen LogP contribution in [-0.4, -0.2) is 33.7 Å². The second-order valence-electron chi connectivity index (χ2n) is 11.5. The van der Waals surface area contributed by atoms with Gasteiger partial charge in [0.15, 0.2) is 14.7 Å². The molecular formula is C30H30F2NO7S3+. The van der Waals surface area contributed by atoms with E-state index in [4.69, 9.17) is 8.92 Å². The zero-order valence-corrected chi connectivity index (χ0v) is 25.3. The maximum atomic E-state index is 15.0. The molecule has 0 aromatic heterocycles. The minimum absolute atomic E-state index is 0.249. The van der Waals surface area contributed by atoms with Crippen LogP contribution in [0.3, 0.4) is 0 Å². The number of benzene rings is 3. The van der Waals surface area contributed by atoms with E-state index in [1.165, 1.54) is 12.1 Å². The molecule has 0 amide bonds. The lowest BCUT2D eigenvalue weighted by molar-refractivity contribution is -0.201. The number of halogens is 2. The lowest BCUT2D eigenvalue weighted by atomic mass is 9.54. The Morgan fingerprint density at radius 3 is 1.65 bits per heavy atom. The minimum atomic E-state index is -6.08. The molecule has 3 aromatic rings. The van der Waals surface area contributed by atoms with E-state index < -0.39 is 48.0 Å². The standard InChI is InChI=1S/C30H30F2NO7S3/c31-30(32,28(34)39-29-18-21-15-22(19-29)17-23(16-21)20-29)42(35,36)33-43(37,38)40-24-11-13-27(14-12-24)41(25-7-3-1-4-8-25)26-9-5-2-6-10-26/h1-14,21-23,33H,15-20H2/q+1. The van der Waals surface area contributed by atoms with Crippen molar-refractivity contribution in [1.29, 1.82) is 0 Å². The molecule has 1 N–H and O–H groups in total. The van der Waals surface area contributed by atoms with E-state index >= 15 is 0 Å². The molecule has 0 atom stereocenters.